The lowest BCUT2D eigenvalue weighted by Gasteiger charge is -2.37. The number of hydrogen-bond donors (Lipinski definition) is 0. The van der Waals surface area contributed by atoms with Crippen molar-refractivity contribution in [1.82, 2.24) is 0 Å². The summed E-state index contributed by atoms with van der Waals surface area (Å²) in [6.45, 7) is 6.63. The molecule has 1 aliphatic heterocycles. The summed E-state index contributed by atoms with van der Waals surface area (Å²) in [5.41, 5.74) is 0. The summed E-state index contributed by atoms with van der Waals surface area (Å²) in [7, 11) is 7.04. The van der Waals surface area contributed by atoms with Crippen molar-refractivity contribution < 1.29 is 18.0 Å². The van der Waals surface area contributed by atoms with E-state index in [1.54, 1.807) is 22.0 Å². The zero-order valence-corrected chi connectivity index (χ0v) is 20.7. The molecule has 0 bridgehead atoms. The van der Waals surface area contributed by atoms with Gasteiger partial charge >= 0.3 is 0 Å². The van der Waals surface area contributed by atoms with Gasteiger partial charge in [0.1, 0.15) is 6.10 Å². The largest absolute Gasteiger partial charge is 0.349 e. The van der Waals surface area contributed by atoms with Gasteiger partial charge in [0.2, 0.25) is 0 Å². The van der Waals surface area contributed by atoms with Crippen LogP contribution in [0.4, 0.5) is 0 Å². The summed E-state index contributed by atoms with van der Waals surface area (Å²) in [6, 6.07) is 0. The normalized spacial score (nSPS) is 30.9. The molecule has 0 aromatic rings. The Bertz CT molecular complexity index is 295. The second-order valence-corrected chi connectivity index (χ2v) is 21.9. The lowest BCUT2D eigenvalue weighted by atomic mass is 10.1. The number of rotatable bonds is 9. The maximum absolute atomic E-state index is 6.14. The molecule has 1 fully saturated rings. The molecule has 0 N–H and O–H groups in total. The molecule has 9 atom stereocenters. The van der Waals surface area contributed by atoms with Crippen LogP contribution in [0, 0.1) is 0 Å². The van der Waals surface area contributed by atoms with E-state index in [4.69, 9.17) is 18.0 Å². The molecule has 4 nitrogen and oxygen atoms in total. The van der Waals surface area contributed by atoms with E-state index in [0.717, 1.165) is 0 Å². The van der Waals surface area contributed by atoms with Crippen LogP contribution < -0.4 is 0 Å². The van der Waals surface area contributed by atoms with E-state index < -0.39 is 14.7 Å². The van der Waals surface area contributed by atoms with Gasteiger partial charge in [-0.1, -0.05) is 47.8 Å². The fourth-order valence-electron chi connectivity index (χ4n) is 1.54. The Hall–Kier alpha value is 3.47. The van der Waals surface area contributed by atoms with Gasteiger partial charge < -0.3 is 13.8 Å². The van der Waals surface area contributed by atoms with Crippen molar-refractivity contribution in [3.05, 3.63) is 0 Å². The number of hydrogen-bond acceptors (Lipinski definition) is 7. The van der Waals surface area contributed by atoms with Gasteiger partial charge in [0.05, 0.1) is 27.4 Å². The van der Waals surface area contributed by atoms with Crippen LogP contribution in [0.25, 0.3) is 0 Å². The van der Waals surface area contributed by atoms with Crippen LogP contribution in [0.2, 0.25) is 0 Å². The molecule has 0 aromatic carbocycles. The minimum absolute atomic E-state index is 0.0137. The molecule has 0 spiro atoms. The van der Waals surface area contributed by atoms with Gasteiger partial charge in [-0.05, 0) is 26.8 Å². The van der Waals surface area contributed by atoms with Crippen LogP contribution >= 0.6 is 81.0 Å². The minimum Gasteiger partial charge on any atom is -0.349 e. The Labute approximate surface area is 150 Å². The SMILES string of the molecule is CP(P)SOC1CC(OP(C)SP)[C@H](OP(C)SP)CO1. The lowest BCUT2D eigenvalue weighted by Crippen LogP contribution is -2.43. The summed E-state index contributed by atoms with van der Waals surface area (Å²) in [5.74, 6) is 0. The first-order valence-corrected chi connectivity index (χ1v) is 19.9. The molecule has 1 aliphatic rings. The van der Waals surface area contributed by atoms with E-state index in [0.29, 0.717) is 13.0 Å². The topological polar surface area (TPSA) is 36.9 Å². The fraction of sp³-hybridized carbons (Fsp3) is 1.00. The van der Waals surface area contributed by atoms with Crippen molar-refractivity contribution in [2.24, 2.45) is 0 Å². The van der Waals surface area contributed by atoms with Crippen molar-refractivity contribution in [2.75, 3.05) is 26.6 Å². The third-order valence-electron chi connectivity index (χ3n) is 2.42. The molecule has 1 heterocycles. The fourth-order valence-corrected chi connectivity index (χ4v) is 6.19. The van der Waals surface area contributed by atoms with Crippen molar-refractivity contribution in [1.29, 1.82) is 0 Å². The van der Waals surface area contributed by atoms with Gasteiger partial charge in [-0.2, -0.15) is 0 Å². The van der Waals surface area contributed by atoms with Gasteiger partial charge in [-0.15, -0.1) is 0 Å². The maximum atomic E-state index is 6.14. The van der Waals surface area contributed by atoms with Gasteiger partial charge in [-0.25, -0.2) is 0 Å². The molecule has 0 radical (unpaired) electrons. The summed E-state index contributed by atoms with van der Waals surface area (Å²) >= 11 is 4.83. The summed E-state index contributed by atoms with van der Waals surface area (Å²) in [4.78, 5) is 0. The van der Waals surface area contributed by atoms with Crippen LogP contribution in [0.5, 0.6) is 0 Å². The highest BCUT2D eigenvalue weighted by atomic mass is 33.1. The Morgan fingerprint density at radius 2 is 1.62 bits per heavy atom. The van der Waals surface area contributed by atoms with Crippen LogP contribution in [-0.2, 0) is 18.0 Å². The van der Waals surface area contributed by atoms with Crippen LogP contribution in [0.15, 0.2) is 0 Å². The van der Waals surface area contributed by atoms with Crippen molar-refractivity contribution in [3.8, 4) is 0 Å². The molecular formula is C8H22O4P6S3. The molecule has 0 aromatic heterocycles. The Morgan fingerprint density at radius 1 is 1.05 bits per heavy atom. The molecule has 0 saturated carbocycles. The quantitative estimate of drug-likeness (QED) is 0.310. The van der Waals surface area contributed by atoms with Gasteiger partial charge in [0.25, 0.3) is 0 Å². The molecule has 1 saturated heterocycles. The third kappa shape index (κ3) is 9.66. The molecule has 126 valence electrons. The lowest BCUT2D eigenvalue weighted by molar-refractivity contribution is -0.161. The zero-order valence-electron chi connectivity index (χ0n) is 12.1. The average molecular weight is 464 g/mol. The Morgan fingerprint density at radius 3 is 2.14 bits per heavy atom. The van der Waals surface area contributed by atoms with Crippen molar-refractivity contribution in [3.63, 3.8) is 0 Å². The van der Waals surface area contributed by atoms with Gasteiger partial charge in [0.15, 0.2) is 6.29 Å². The first kappa shape index (κ1) is 22.5. The van der Waals surface area contributed by atoms with Crippen LogP contribution in [-0.4, -0.2) is 45.1 Å². The molecular weight excluding hydrogens is 442 g/mol. The Balaban J connectivity index is 2.55. The predicted molar refractivity (Wildman–Crippen MR) is 116 cm³/mol. The van der Waals surface area contributed by atoms with E-state index >= 15 is 0 Å². The first-order valence-electron chi connectivity index (χ1n) is 5.94. The second-order valence-electron chi connectivity index (χ2n) is 4.09. The highest BCUT2D eigenvalue weighted by Crippen LogP contribution is 2.57. The average Bonchev–Trinajstić information content (AvgIpc) is 2.46. The summed E-state index contributed by atoms with van der Waals surface area (Å²) in [5, 5.41) is 0. The standard InChI is InChI=1S/C8H22O4P6S3/c1-16(20-14)10-6-4-8(12-19-18(3)13)9-5-7(6)11-17(2)21-15/h6-8H,4-5,13-15H2,1-3H3/t6?,7-,8?,16?,17?,18?/m1/s1. The van der Waals surface area contributed by atoms with E-state index in [-0.39, 0.29) is 25.3 Å². The predicted octanol–water partition coefficient (Wildman–Crippen LogP) is 5.91. The first-order chi connectivity index (χ1) is 9.96. The van der Waals surface area contributed by atoms with E-state index in [1.807, 2.05) is 0 Å². The van der Waals surface area contributed by atoms with E-state index in [2.05, 4.69) is 45.8 Å². The van der Waals surface area contributed by atoms with Crippen LogP contribution in [0.3, 0.4) is 0 Å². The maximum Gasteiger partial charge on any atom is 0.173 e. The van der Waals surface area contributed by atoms with Gasteiger partial charge in [0, 0.05) is 18.1 Å². The van der Waals surface area contributed by atoms with E-state index in [9.17, 15) is 0 Å². The van der Waals surface area contributed by atoms with Gasteiger partial charge in [-0.3, -0.25) is 4.18 Å². The summed E-state index contributed by atoms with van der Waals surface area (Å²) in [6.07, 6.45) is 0.520. The van der Waals surface area contributed by atoms with Crippen molar-refractivity contribution in [2.45, 2.75) is 24.9 Å². The second kappa shape index (κ2) is 12.8. The molecule has 13 heteroatoms. The smallest absolute Gasteiger partial charge is 0.173 e. The highest BCUT2D eigenvalue weighted by Gasteiger charge is 2.36. The van der Waals surface area contributed by atoms with E-state index in [1.165, 1.54) is 11.7 Å². The number of ether oxygens (including phenoxy) is 1. The molecule has 1 rings (SSSR count). The molecule has 0 aliphatic carbocycles. The minimum atomic E-state index is -0.521. The van der Waals surface area contributed by atoms with Crippen molar-refractivity contribution >= 4 is 81.0 Å². The third-order valence-corrected chi connectivity index (χ3v) is 14.1. The zero-order chi connectivity index (χ0) is 15.8. The monoisotopic (exact) mass is 464 g/mol. The summed E-state index contributed by atoms with van der Waals surface area (Å²) < 4.78 is 23.7. The van der Waals surface area contributed by atoms with Crippen LogP contribution in [0.1, 0.15) is 6.42 Å². The molecule has 0 amide bonds. The molecule has 8 unspecified atom stereocenters. The Kier molecular flexibility index (Phi) is 13.7. The highest BCUT2D eigenvalue weighted by molar-refractivity contribution is 8.78. The molecule has 21 heavy (non-hydrogen) atoms.